The van der Waals surface area contributed by atoms with Gasteiger partial charge in [-0.15, -0.1) is 11.3 Å². The van der Waals surface area contributed by atoms with Gasteiger partial charge >= 0.3 is 0 Å². The molecule has 0 aliphatic heterocycles. The molecule has 1 aromatic heterocycles. The summed E-state index contributed by atoms with van der Waals surface area (Å²) in [7, 11) is -3.77. The quantitative estimate of drug-likeness (QED) is 0.628. The molecular weight excluding hydrogens is 298 g/mol. The van der Waals surface area contributed by atoms with Gasteiger partial charge < -0.3 is 0 Å². The van der Waals surface area contributed by atoms with Crippen LogP contribution < -0.4 is 0 Å². The summed E-state index contributed by atoms with van der Waals surface area (Å²) in [4.78, 5) is 10.8. The third kappa shape index (κ3) is 3.05. The zero-order chi connectivity index (χ0) is 14.8. The highest BCUT2D eigenvalue weighted by atomic mass is 32.2. The smallest absolute Gasteiger partial charge is 0.225 e. The van der Waals surface area contributed by atoms with Gasteiger partial charge in [0.15, 0.2) is 15.1 Å². The van der Waals surface area contributed by atoms with Crippen molar-refractivity contribution in [2.45, 2.75) is 17.1 Å². The van der Waals surface area contributed by atoms with Crippen LogP contribution in [-0.4, -0.2) is 19.9 Å². The first-order valence-electron chi connectivity index (χ1n) is 5.87. The summed E-state index contributed by atoms with van der Waals surface area (Å²) in [6, 6.07) is 9.66. The van der Waals surface area contributed by atoms with Gasteiger partial charge in [0.05, 0.1) is 4.90 Å². The van der Waals surface area contributed by atoms with Crippen LogP contribution in [-0.2, 0) is 9.84 Å². The first-order valence-corrected chi connectivity index (χ1v) is 8.29. The second kappa shape index (κ2) is 5.72. The fraction of sp³-hybridized carbons (Fsp3) is 0.231. The molecule has 0 spiro atoms. The summed E-state index contributed by atoms with van der Waals surface area (Å²) in [5, 5.41) is 11.4. The predicted molar refractivity (Wildman–Crippen MR) is 77.3 cm³/mol. The van der Waals surface area contributed by atoms with Crippen LogP contribution in [0.15, 0.2) is 46.7 Å². The standard InChI is InChI=1S/C13H13NO4S2/c1-10-4-6-11(7-5-10)20(17,18)13(9-14(15)16)12-3-2-8-19-12/h2-8,13H,9H2,1H3. The Morgan fingerprint density at radius 2 is 1.90 bits per heavy atom. The second-order valence-corrected chi connectivity index (χ2v) is 7.49. The van der Waals surface area contributed by atoms with E-state index in [1.54, 1.807) is 29.6 Å². The summed E-state index contributed by atoms with van der Waals surface area (Å²) in [6.07, 6.45) is 0. The molecule has 0 amide bonds. The van der Waals surface area contributed by atoms with Crippen LogP contribution in [0.1, 0.15) is 15.7 Å². The van der Waals surface area contributed by atoms with E-state index < -0.39 is 26.6 Å². The maximum Gasteiger partial charge on any atom is 0.225 e. The monoisotopic (exact) mass is 311 g/mol. The molecule has 0 saturated carbocycles. The van der Waals surface area contributed by atoms with E-state index in [1.165, 1.54) is 23.5 Å². The lowest BCUT2D eigenvalue weighted by atomic mass is 10.2. The molecule has 20 heavy (non-hydrogen) atoms. The van der Waals surface area contributed by atoms with E-state index in [1.807, 2.05) is 6.92 Å². The van der Waals surface area contributed by atoms with Crippen LogP contribution in [0.25, 0.3) is 0 Å². The number of hydrogen-bond acceptors (Lipinski definition) is 5. The Kier molecular flexibility index (Phi) is 4.20. The molecule has 0 radical (unpaired) electrons. The molecule has 7 heteroatoms. The van der Waals surface area contributed by atoms with Crippen LogP contribution in [0.4, 0.5) is 0 Å². The molecule has 106 valence electrons. The second-order valence-electron chi connectivity index (χ2n) is 4.38. The average Bonchev–Trinajstić information content (AvgIpc) is 2.89. The Labute approximate surface area is 121 Å². The normalized spacial score (nSPS) is 13.1. The van der Waals surface area contributed by atoms with Crippen LogP contribution in [0.3, 0.4) is 0 Å². The zero-order valence-electron chi connectivity index (χ0n) is 10.7. The summed E-state index contributed by atoms with van der Waals surface area (Å²) in [5.41, 5.74) is 0.936. The summed E-state index contributed by atoms with van der Waals surface area (Å²) in [5.74, 6) is 0. The Morgan fingerprint density at radius 3 is 2.40 bits per heavy atom. The topological polar surface area (TPSA) is 77.3 Å². The van der Waals surface area contributed by atoms with E-state index in [4.69, 9.17) is 0 Å². The lowest BCUT2D eigenvalue weighted by Gasteiger charge is -2.12. The van der Waals surface area contributed by atoms with Crippen molar-refractivity contribution in [1.29, 1.82) is 0 Å². The number of thiophene rings is 1. The highest BCUT2D eigenvalue weighted by Crippen LogP contribution is 2.32. The van der Waals surface area contributed by atoms with Gasteiger partial charge in [-0.3, -0.25) is 10.1 Å². The van der Waals surface area contributed by atoms with Crippen molar-refractivity contribution in [2.24, 2.45) is 0 Å². The third-order valence-corrected chi connectivity index (χ3v) is 6.12. The largest absolute Gasteiger partial charge is 0.264 e. The lowest BCUT2D eigenvalue weighted by Crippen LogP contribution is -2.21. The highest BCUT2D eigenvalue weighted by molar-refractivity contribution is 7.91. The van der Waals surface area contributed by atoms with E-state index in [0.717, 1.165) is 5.56 Å². The van der Waals surface area contributed by atoms with Crippen LogP contribution in [0.5, 0.6) is 0 Å². The Balaban J connectivity index is 2.46. The fourth-order valence-corrected chi connectivity index (χ4v) is 4.63. The van der Waals surface area contributed by atoms with Crippen molar-refractivity contribution in [2.75, 3.05) is 6.54 Å². The van der Waals surface area contributed by atoms with Gasteiger partial charge in [0.2, 0.25) is 6.54 Å². The summed E-state index contributed by atoms with van der Waals surface area (Å²) < 4.78 is 25.2. The number of benzene rings is 1. The first-order chi connectivity index (χ1) is 9.41. The molecular formula is C13H13NO4S2. The minimum absolute atomic E-state index is 0.114. The molecule has 1 unspecified atom stereocenters. The minimum atomic E-state index is -3.77. The fourth-order valence-electron chi connectivity index (χ4n) is 1.84. The van der Waals surface area contributed by atoms with Crippen LogP contribution in [0.2, 0.25) is 0 Å². The van der Waals surface area contributed by atoms with Gasteiger partial charge in [-0.1, -0.05) is 23.8 Å². The highest BCUT2D eigenvalue weighted by Gasteiger charge is 2.34. The number of nitro groups is 1. The first kappa shape index (κ1) is 14.7. The molecule has 2 rings (SSSR count). The molecule has 0 aliphatic carbocycles. The molecule has 1 aromatic carbocycles. The van der Waals surface area contributed by atoms with Gasteiger partial charge in [-0.2, -0.15) is 0 Å². The molecule has 0 N–H and O–H groups in total. The Hall–Kier alpha value is -1.73. The third-order valence-electron chi connectivity index (χ3n) is 2.90. The Bertz CT molecular complexity index is 690. The van der Waals surface area contributed by atoms with E-state index in [2.05, 4.69) is 0 Å². The molecule has 0 saturated heterocycles. The molecule has 1 atom stereocenters. The molecule has 2 aromatic rings. The van der Waals surface area contributed by atoms with Gasteiger partial charge in [0, 0.05) is 9.80 Å². The van der Waals surface area contributed by atoms with E-state index in [-0.39, 0.29) is 4.90 Å². The molecule has 5 nitrogen and oxygen atoms in total. The van der Waals surface area contributed by atoms with Crippen molar-refractivity contribution in [1.82, 2.24) is 0 Å². The van der Waals surface area contributed by atoms with E-state index >= 15 is 0 Å². The predicted octanol–water partition coefficient (Wildman–Crippen LogP) is 2.85. The van der Waals surface area contributed by atoms with Crippen molar-refractivity contribution in [3.63, 3.8) is 0 Å². The molecule has 0 bridgehead atoms. The maximum atomic E-state index is 12.6. The van der Waals surface area contributed by atoms with Gasteiger partial charge in [-0.25, -0.2) is 8.42 Å². The van der Waals surface area contributed by atoms with Crippen molar-refractivity contribution >= 4 is 21.2 Å². The SMILES string of the molecule is Cc1ccc(S(=O)(=O)C(C[N+](=O)[O-])c2cccs2)cc1. The summed E-state index contributed by atoms with van der Waals surface area (Å²) >= 11 is 1.21. The minimum Gasteiger partial charge on any atom is -0.264 e. The van der Waals surface area contributed by atoms with E-state index in [9.17, 15) is 18.5 Å². The Morgan fingerprint density at radius 1 is 1.25 bits per heavy atom. The molecule has 0 fully saturated rings. The van der Waals surface area contributed by atoms with Crippen molar-refractivity contribution < 1.29 is 13.3 Å². The number of rotatable bonds is 5. The summed E-state index contributed by atoms with van der Waals surface area (Å²) in [6.45, 7) is 1.22. The van der Waals surface area contributed by atoms with Crippen LogP contribution >= 0.6 is 11.3 Å². The number of nitrogens with zero attached hydrogens (tertiary/aromatic N) is 1. The van der Waals surface area contributed by atoms with Gasteiger partial charge in [0.25, 0.3) is 0 Å². The number of sulfone groups is 1. The maximum absolute atomic E-state index is 12.6. The number of hydrogen-bond donors (Lipinski definition) is 0. The van der Waals surface area contributed by atoms with Gasteiger partial charge in [0.1, 0.15) is 0 Å². The number of aryl methyl sites for hydroxylation is 1. The van der Waals surface area contributed by atoms with Crippen molar-refractivity contribution in [3.05, 3.63) is 62.3 Å². The van der Waals surface area contributed by atoms with E-state index in [0.29, 0.717) is 4.88 Å². The zero-order valence-corrected chi connectivity index (χ0v) is 12.4. The van der Waals surface area contributed by atoms with Crippen LogP contribution in [0, 0.1) is 17.0 Å². The average molecular weight is 311 g/mol. The molecule has 0 aliphatic rings. The van der Waals surface area contributed by atoms with Gasteiger partial charge in [-0.05, 0) is 30.5 Å². The van der Waals surface area contributed by atoms with Crippen molar-refractivity contribution in [3.8, 4) is 0 Å². The molecule has 1 heterocycles. The lowest BCUT2D eigenvalue weighted by molar-refractivity contribution is -0.479.